The molecule has 1 fully saturated rings. The standard InChI is InChI=1S/C17H20FN3O4S/c18-14-3-5-16(6-4-14)26(23,24)21-9-7-20(8-10-21)13-17(22)19-12-15-2-1-11-25-15/h1-6,11H,7-10,12-13H2,(H,19,22). The number of amides is 1. The van der Waals surface area contributed by atoms with Crippen LogP contribution in [0.5, 0.6) is 0 Å². The second kappa shape index (κ2) is 7.98. The van der Waals surface area contributed by atoms with Crippen LogP contribution in [0, 0.1) is 5.82 Å². The van der Waals surface area contributed by atoms with Gasteiger partial charge in [0.25, 0.3) is 0 Å². The topological polar surface area (TPSA) is 82.9 Å². The van der Waals surface area contributed by atoms with Gasteiger partial charge in [0.05, 0.1) is 24.2 Å². The Morgan fingerprint density at radius 1 is 1.12 bits per heavy atom. The van der Waals surface area contributed by atoms with E-state index in [1.165, 1.54) is 16.4 Å². The number of benzene rings is 1. The van der Waals surface area contributed by atoms with Crippen molar-refractivity contribution in [1.29, 1.82) is 0 Å². The highest BCUT2D eigenvalue weighted by Crippen LogP contribution is 2.18. The quantitative estimate of drug-likeness (QED) is 0.809. The molecule has 7 nitrogen and oxygen atoms in total. The smallest absolute Gasteiger partial charge is 0.243 e. The van der Waals surface area contributed by atoms with E-state index < -0.39 is 15.8 Å². The molecule has 1 aliphatic rings. The van der Waals surface area contributed by atoms with Crippen molar-refractivity contribution < 1.29 is 22.0 Å². The molecule has 0 atom stereocenters. The van der Waals surface area contributed by atoms with Crippen molar-refractivity contribution in [3.05, 3.63) is 54.2 Å². The van der Waals surface area contributed by atoms with Crippen molar-refractivity contribution in [2.24, 2.45) is 0 Å². The van der Waals surface area contributed by atoms with Gasteiger partial charge in [-0.1, -0.05) is 0 Å². The average molecular weight is 381 g/mol. The molecule has 2 heterocycles. The van der Waals surface area contributed by atoms with Gasteiger partial charge in [-0.3, -0.25) is 9.69 Å². The third kappa shape index (κ3) is 4.48. The molecule has 1 aromatic carbocycles. The van der Waals surface area contributed by atoms with Crippen LogP contribution in [0.15, 0.2) is 52.0 Å². The molecule has 2 aromatic rings. The van der Waals surface area contributed by atoms with E-state index in [0.717, 1.165) is 12.1 Å². The van der Waals surface area contributed by atoms with Gasteiger partial charge in [0.1, 0.15) is 11.6 Å². The molecular weight excluding hydrogens is 361 g/mol. The summed E-state index contributed by atoms with van der Waals surface area (Å²) < 4.78 is 44.6. The number of sulfonamides is 1. The first-order valence-electron chi connectivity index (χ1n) is 8.22. The second-order valence-electron chi connectivity index (χ2n) is 5.99. The molecule has 0 aliphatic carbocycles. The predicted octanol–water partition coefficient (Wildman–Crippen LogP) is 1.04. The van der Waals surface area contributed by atoms with Crippen molar-refractivity contribution in [3.8, 4) is 0 Å². The van der Waals surface area contributed by atoms with E-state index in [2.05, 4.69) is 5.32 Å². The fourth-order valence-electron chi connectivity index (χ4n) is 2.74. The Morgan fingerprint density at radius 2 is 1.81 bits per heavy atom. The first kappa shape index (κ1) is 18.6. The minimum Gasteiger partial charge on any atom is -0.467 e. The number of carbonyl (C=O) groups is 1. The molecule has 1 amide bonds. The van der Waals surface area contributed by atoms with Gasteiger partial charge in [-0.25, -0.2) is 12.8 Å². The molecule has 0 unspecified atom stereocenters. The average Bonchev–Trinajstić information content (AvgIpc) is 3.14. The Morgan fingerprint density at radius 3 is 2.42 bits per heavy atom. The lowest BCUT2D eigenvalue weighted by molar-refractivity contribution is -0.122. The van der Waals surface area contributed by atoms with Gasteiger partial charge in [-0.15, -0.1) is 0 Å². The molecule has 0 bridgehead atoms. The molecule has 1 saturated heterocycles. The summed E-state index contributed by atoms with van der Waals surface area (Å²) >= 11 is 0. The van der Waals surface area contributed by atoms with Crippen LogP contribution >= 0.6 is 0 Å². The number of furan rings is 1. The van der Waals surface area contributed by atoms with E-state index in [1.807, 2.05) is 4.90 Å². The van der Waals surface area contributed by atoms with Crippen molar-refractivity contribution in [2.45, 2.75) is 11.4 Å². The molecule has 1 aliphatic heterocycles. The molecule has 9 heteroatoms. The molecule has 1 aromatic heterocycles. The summed E-state index contributed by atoms with van der Waals surface area (Å²) in [6.07, 6.45) is 1.54. The van der Waals surface area contributed by atoms with Gasteiger partial charge in [0, 0.05) is 26.2 Å². The number of hydrogen-bond donors (Lipinski definition) is 1. The van der Waals surface area contributed by atoms with E-state index in [1.54, 1.807) is 18.4 Å². The first-order chi connectivity index (χ1) is 12.4. The van der Waals surface area contributed by atoms with Crippen LogP contribution < -0.4 is 5.32 Å². The summed E-state index contributed by atoms with van der Waals surface area (Å²) in [5.74, 6) is 0.0548. The van der Waals surface area contributed by atoms with Gasteiger partial charge >= 0.3 is 0 Å². The lowest BCUT2D eigenvalue weighted by Crippen LogP contribution is -2.50. The molecule has 140 valence electrons. The van der Waals surface area contributed by atoms with Gasteiger partial charge in [0.15, 0.2) is 0 Å². The van der Waals surface area contributed by atoms with Crippen molar-refractivity contribution >= 4 is 15.9 Å². The van der Waals surface area contributed by atoms with E-state index in [0.29, 0.717) is 25.4 Å². The van der Waals surface area contributed by atoms with Crippen LogP contribution in [-0.2, 0) is 21.4 Å². The minimum atomic E-state index is -3.64. The molecule has 0 radical (unpaired) electrons. The number of nitrogens with zero attached hydrogens (tertiary/aromatic N) is 2. The maximum Gasteiger partial charge on any atom is 0.243 e. The molecule has 0 saturated carbocycles. The van der Waals surface area contributed by atoms with Crippen LogP contribution in [0.2, 0.25) is 0 Å². The van der Waals surface area contributed by atoms with Gasteiger partial charge in [-0.2, -0.15) is 4.31 Å². The fourth-order valence-corrected chi connectivity index (χ4v) is 4.16. The highest BCUT2D eigenvalue weighted by Gasteiger charge is 2.29. The highest BCUT2D eigenvalue weighted by molar-refractivity contribution is 7.89. The predicted molar refractivity (Wildman–Crippen MR) is 92.2 cm³/mol. The van der Waals surface area contributed by atoms with E-state index >= 15 is 0 Å². The number of nitrogens with one attached hydrogen (secondary N) is 1. The third-order valence-corrected chi connectivity index (χ3v) is 6.10. The fraction of sp³-hybridized carbons (Fsp3) is 0.353. The SMILES string of the molecule is O=C(CN1CCN(S(=O)(=O)c2ccc(F)cc2)CC1)NCc1ccco1. The molecule has 3 rings (SSSR count). The van der Waals surface area contributed by atoms with Crippen LogP contribution in [0.3, 0.4) is 0 Å². The van der Waals surface area contributed by atoms with Crippen molar-refractivity contribution in [1.82, 2.24) is 14.5 Å². The van der Waals surface area contributed by atoms with Crippen LogP contribution in [-0.4, -0.2) is 56.3 Å². The Labute approximate surface area is 151 Å². The molecule has 0 spiro atoms. The minimum absolute atomic E-state index is 0.0727. The van der Waals surface area contributed by atoms with Gasteiger partial charge in [-0.05, 0) is 36.4 Å². The van der Waals surface area contributed by atoms with Gasteiger partial charge < -0.3 is 9.73 Å². The number of carbonyl (C=O) groups excluding carboxylic acids is 1. The number of rotatable bonds is 6. The molecule has 26 heavy (non-hydrogen) atoms. The van der Waals surface area contributed by atoms with Crippen LogP contribution in [0.1, 0.15) is 5.76 Å². The summed E-state index contributed by atoms with van der Waals surface area (Å²) in [7, 11) is -3.64. The Hall–Kier alpha value is -2.23. The summed E-state index contributed by atoms with van der Waals surface area (Å²) in [5.41, 5.74) is 0. The highest BCUT2D eigenvalue weighted by atomic mass is 32.2. The van der Waals surface area contributed by atoms with E-state index in [9.17, 15) is 17.6 Å². The summed E-state index contributed by atoms with van der Waals surface area (Å²) in [6.45, 7) is 2.00. The maximum atomic E-state index is 13.0. The largest absolute Gasteiger partial charge is 0.467 e. The molecule has 1 N–H and O–H groups in total. The monoisotopic (exact) mass is 381 g/mol. The Balaban J connectivity index is 1.49. The third-order valence-electron chi connectivity index (χ3n) is 4.19. The number of hydrogen-bond acceptors (Lipinski definition) is 5. The normalized spacial score (nSPS) is 16.5. The van der Waals surface area contributed by atoms with Crippen LogP contribution in [0.25, 0.3) is 0 Å². The summed E-state index contributed by atoms with van der Waals surface area (Å²) in [6, 6.07) is 8.32. The summed E-state index contributed by atoms with van der Waals surface area (Å²) in [5, 5.41) is 2.76. The number of piperazine rings is 1. The van der Waals surface area contributed by atoms with Gasteiger partial charge in [0.2, 0.25) is 15.9 Å². The number of halogens is 1. The summed E-state index contributed by atoms with van der Waals surface area (Å²) in [4.78, 5) is 13.9. The Bertz CT molecular complexity index is 829. The lowest BCUT2D eigenvalue weighted by atomic mass is 10.3. The first-order valence-corrected chi connectivity index (χ1v) is 9.66. The molecular formula is C17H20FN3O4S. The Kier molecular flexibility index (Phi) is 5.70. The van der Waals surface area contributed by atoms with Crippen molar-refractivity contribution in [3.63, 3.8) is 0 Å². The van der Waals surface area contributed by atoms with E-state index in [-0.39, 0.29) is 30.4 Å². The zero-order valence-electron chi connectivity index (χ0n) is 14.1. The maximum absolute atomic E-state index is 13.0. The van der Waals surface area contributed by atoms with Crippen molar-refractivity contribution in [2.75, 3.05) is 32.7 Å². The lowest BCUT2D eigenvalue weighted by Gasteiger charge is -2.33. The zero-order valence-corrected chi connectivity index (χ0v) is 14.9. The van der Waals surface area contributed by atoms with E-state index in [4.69, 9.17) is 4.42 Å². The second-order valence-corrected chi connectivity index (χ2v) is 7.93. The zero-order chi connectivity index (χ0) is 18.6. The van der Waals surface area contributed by atoms with Crippen LogP contribution in [0.4, 0.5) is 4.39 Å².